The largest absolute Gasteiger partial charge is 0.496 e. The van der Waals surface area contributed by atoms with Crippen LogP contribution in [0.4, 0.5) is 11.4 Å². The Kier molecular flexibility index (Phi) is 10.1. The minimum absolute atomic E-state index is 0.809. The lowest BCUT2D eigenvalue weighted by Crippen LogP contribution is -2.21. The van der Waals surface area contributed by atoms with E-state index in [-0.39, 0.29) is 0 Å². The zero-order valence-electron chi connectivity index (χ0n) is 22.6. The van der Waals surface area contributed by atoms with Crippen molar-refractivity contribution in [2.75, 3.05) is 50.2 Å². The van der Waals surface area contributed by atoms with Gasteiger partial charge in [0.15, 0.2) is 0 Å². The van der Waals surface area contributed by atoms with Gasteiger partial charge in [0.05, 0.1) is 14.2 Å². The fourth-order valence-corrected chi connectivity index (χ4v) is 4.35. The van der Waals surface area contributed by atoms with E-state index in [1.165, 1.54) is 11.4 Å². The van der Waals surface area contributed by atoms with Gasteiger partial charge in [0, 0.05) is 48.7 Å². The minimum Gasteiger partial charge on any atom is -0.496 e. The highest BCUT2D eigenvalue weighted by Gasteiger charge is 2.08. The van der Waals surface area contributed by atoms with Gasteiger partial charge >= 0.3 is 0 Å². The van der Waals surface area contributed by atoms with Crippen LogP contribution in [0.25, 0.3) is 24.3 Å². The Bertz CT molecular complexity index is 1050. The molecule has 3 aromatic carbocycles. The molecule has 0 bridgehead atoms. The second-order valence-corrected chi connectivity index (χ2v) is 8.53. The highest BCUT2D eigenvalue weighted by atomic mass is 16.5. The van der Waals surface area contributed by atoms with Crippen LogP contribution in [0, 0.1) is 0 Å². The van der Waals surface area contributed by atoms with Crippen molar-refractivity contribution in [3.63, 3.8) is 0 Å². The van der Waals surface area contributed by atoms with Crippen LogP contribution in [0.2, 0.25) is 0 Å². The number of rotatable bonds is 12. The van der Waals surface area contributed by atoms with Gasteiger partial charge in [0.25, 0.3) is 0 Å². The van der Waals surface area contributed by atoms with Crippen molar-refractivity contribution < 1.29 is 9.47 Å². The van der Waals surface area contributed by atoms with Crippen molar-refractivity contribution in [2.24, 2.45) is 0 Å². The number of hydrogen-bond acceptors (Lipinski definition) is 4. The van der Waals surface area contributed by atoms with Crippen molar-refractivity contribution in [3.05, 3.63) is 82.9 Å². The molecule has 0 radical (unpaired) electrons. The monoisotopic (exact) mass is 484 g/mol. The zero-order valence-corrected chi connectivity index (χ0v) is 22.6. The van der Waals surface area contributed by atoms with E-state index in [2.05, 4.69) is 110 Å². The van der Waals surface area contributed by atoms with Crippen molar-refractivity contribution in [1.29, 1.82) is 0 Å². The predicted molar refractivity (Wildman–Crippen MR) is 157 cm³/mol. The second kappa shape index (κ2) is 13.4. The third-order valence-electron chi connectivity index (χ3n) is 6.54. The maximum absolute atomic E-state index is 5.72. The van der Waals surface area contributed by atoms with Crippen molar-refractivity contribution in [2.45, 2.75) is 27.7 Å². The molecule has 0 amide bonds. The lowest BCUT2D eigenvalue weighted by atomic mass is 10.0. The van der Waals surface area contributed by atoms with Crippen molar-refractivity contribution >= 4 is 35.7 Å². The lowest BCUT2D eigenvalue weighted by molar-refractivity contribution is 0.401. The Hall–Kier alpha value is -3.66. The van der Waals surface area contributed by atoms with E-state index in [4.69, 9.17) is 9.47 Å². The molecule has 0 unspecified atom stereocenters. The Balaban J connectivity index is 1.81. The van der Waals surface area contributed by atoms with Crippen LogP contribution >= 0.6 is 0 Å². The van der Waals surface area contributed by atoms with Crippen LogP contribution < -0.4 is 19.3 Å². The molecule has 0 heterocycles. The molecule has 4 heteroatoms. The molecule has 0 N–H and O–H groups in total. The van der Waals surface area contributed by atoms with Crippen LogP contribution in [0.15, 0.2) is 60.7 Å². The van der Waals surface area contributed by atoms with Crippen molar-refractivity contribution in [1.82, 2.24) is 0 Å². The maximum atomic E-state index is 5.72. The summed E-state index contributed by atoms with van der Waals surface area (Å²) in [4.78, 5) is 4.68. The molecule has 0 saturated heterocycles. The summed E-state index contributed by atoms with van der Waals surface area (Å²) in [6, 6.07) is 21.4. The number of ether oxygens (including phenoxy) is 2. The van der Waals surface area contributed by atoms with Gasteiger partial charge in [-0.05, 0) is 75.2 Å². The summed E-state index contributed by atoms with van der Waals surface area (Å²) in [6.45, 7) is 12.7. The van der Waals surface area contributed by atoms with E-state index < -0.39 is 0 Å². The molecule has 190 valence electrons. The highest BCUT2D eigenvalue weighted by molar-refractivity contribution is 5.79. The van der Waals surface area contributed by atoms with Crippen molar-refractivity contribution in [3.8, 4) is 11.5 Å². The summed E-state index contributed by atoms with van der Waals surface area (Å²) in [5.41, 5.74) is 6.73. The second-order valence-electron chi connectivity index (χ2n) is 8.53. The first-order valence-corrected chi connectivity index (χ1v) is 12.9. The summed E-state index contributed by atoms with van der Waals surface area (Å²) in [5.74, 6) is 1.62. The molecular weight excluding hydrogens is 444 g/mol. The number of methoxy groups -OCH3 is 2. The highest BCUT2D eigenvalue weighted by Crippen LogP contribution is 2.32. The summed E-state index contributed by atoms with van der Waals surface area (Å²) in [7, 11) is 3.41. The van der Waals surface area contributed by atoms with Gasteiger partial charge < -0.3 is 19.3 Å². The molecule has 0 fully saturated rings. The number of anilines is 2. The smallest absolute Gasteiger partial charge is 0.126 e. The molecule has 0 aromatic heterocycles. The maximum Gasteiger partial charge on any atom is 0.126 e. The number of benzene rings is 3. The molecule has 0 saturated carbocycles. The third-order valence-corrected chi connectivity index (χ3v) is 6.54. The average Bonchev–Trinajstić information content (AvgIpc) is 2.93. The van der Waals surface area contributed by atoms with Crippen LogP contribution in [0.5, 0.6) is 11.5 Å². The number of hydrogen-bond donors (Lipinski definition) is 0. The van der Waals surface area contributed by atoms with Gasteiger partial charge in [-0.25, -0.2) is 0 Å². The Labute approximate surface area is 217 Å². The standard InChI is InChI=1S/C32H40N2O2/c1-7-33(8-2)29-19-13-25(14-20-29)11-17-27-23-32(36-6)28(24-31(27)35-5)18-12-26-15-21-30(22-16-26)34(9-3)10-4/h11-24H,7-10H2,1-6H3. The molecule has 0 aliphatic rings. The van der Waals surface area contributed by atoms with Crippen LogP contribution in [0.1, 0.15) is 49.9 Å². The average molecular weight is 485 g/mol. The van der Waals surface area contributed by atoms with Crippen LogP contribution in [-0.4, -0.2) is 40.4 Å². The Morgan fingerprint density at radius 1 is 0.528 bits per heavy atom. The van der Waals surface area contributed by atoms with Gasteiger partial charge in [0.2, 0.25) is 0 Å². The summed E-state index contributed by atoms with van der Waals surface area (Å²) in [6.07, 6.45) is 8.37. The molecule has 3 rings (SSSR count). The van der Waals surface area contributed by atoms with E-state index in [0.29, 0.717) is 0 Å². The third kappa shape index (κ3) is 6.72. The van der Waals surface area contributed by atoms with E-state index in [9.17, 15) is 0 Å². The summed E-state index contributed by atoms with van der Waals surface area (Å²) < 4.78 is 11.4. The fourth-order valence-electron chi connectivity index (χ4n) is 4.35. The van der Waals surface area contributed by atoms with E-state index in [1.807, 2.05) is 12.1 Å². The molecule has 36 heavy (non-hydrogen) atoms. The fraction of sp³-hybridized carbons (Fsp3) is 0.312. The molecule has 0 atom stereocenters. The zero-order chi connectivity index (χ0) is 25.9. The molecule has 3 aromatic rings. The van der Waals surface area contributed by atoms with Crippen LogP contribution in [-0.2, 0) is 0 Å². The molecular formula is C32H40N2O2. The SMILES string of the molecule is CCN(CC)c1ccc(C=Cc2cc(OC)c(C=Cc3ccc(N(CC)CC)cc3)cc2OC)cc1. The number of nitrogens with zero attached hydrogens (tertiary/aromatic N) is 2. The first-order valence-electron chi connectivity index (χ1n) is 12.9. The molecule has 0 spiro atoms. The van der Waals surface area contributed by atoms with E-state index >= 15 is 0 Å². The van der Waals surface area contributed by atoms with E-state index in [1.54, 1.807) is 14.2 Å². The topological polar surface area (TPSA) is 24.9 Å². The summed E-state index contributed by atoms with van der Waals surface area (Å²) in [5, 5.41) is 0. The van der Waals surface area contributed by atoms with E-state index in [0.717, 1.165) is 59.9 Å². The van der Waals surface area contributed by atoms with Gasteiger partial charge in [-0.1, -0.05) is 48.6 Å². The quantitative estimate of drug-likeness (QED) is 0.246. The first kappa shape index (κ1) is 26.9. The lowest BCUT2D eigenvalue weighted by Gasteiger charge is -2.20. The van der Waals surface area contributed by atoms with Crippen LogP contribution in [0.3, 0.4) is 0 Å². The Morgan fingerprint density at radius 2 is 0.861 bits per heavy atom. The molecule has 0 aliphatic heterocycles. The predicted octanol–water partition coefficient (Wildman–Crippen LogP) is 7.74. The summed E-state index contributed by atoms with van der Waals surface area (Å²) >= 11 is 0. The first-order chi connectivity index (χ1) is 17.6. The minimum atomic E-state index is 0.809. The molecule has 4 nitrogen and oxygen atoms in total. The Morgan fingerprint density at radius 3 is 1.14 bits per heavy atom. The normalized spacial score (nSPS) is 11.3. The van der Waals surface area contributed by atoms with Gasteiger partial charge in [-0.3, -0.25) is 0 Å². The van der Waals surface area contributed by atoms with Gasteiger partial charge in [0.1, 0.15) is 11.5 Å². The van der Waals surface area contributed by atoms with Gasteiger partial charge in [-0.2, -0.15) is 0 Å². The van der Waals surface area contributed by atoms with Gasteiger partial charge in [-0.15, -0.1) is 0 Å². The molecule has 0 aliphatic carbocycles.